The highest BCUT2D eigenvalue weighted by Gasteiger charge is 2.25. The van der Waals surface area contributed by atoms with E-state index in [1.165, 1.54) is 4.40 Å². The van der Waals surface area contributed by atoms with Crippen LogP contribution in [0.15, 0.2) is 64.3 Å². The number of piperazine rings is 1. The van der Waals surface area contributed by atoms with Crippen LogP contribution in [0, 0.1) is 0 Å². The molecule has 1 aliphatic rings. The summed E-state index contributed by atoms with van der Waals surface area (Å²) < 4.78 is 2.25. The van der Waals surface area contributed by atoms with E-state index in [4.69, 9.17) is 0 Å². The lowest BCUT2D eigenvalue weighted by Crippen LogP contribution is -2.49. The van der Waals surface area contributed by atoms with Crippen molar-refractivity contribution in [3.63, 3.8) is 0 Å². The first-order valence-corrected chi connectivity index (χ1v) is 10.3. The molecule has 1 fully saturated rings. The van der Waals surface area contributed by atoms with Crippen molar-refractivity contribution in [2.45, 2.75) is 0 Å². The van der Waals surface area contributed by atoms with E-state index in [0.717, 1.165) is 4.47 Å². The Kier molecular flexibility index (Phi) is 4.66. The number of amides is 1. The van der Waals surface area contributed by atoms with Crippen molar-refractivity contribution >= 4 is 44.3 Å². The first-order valence-electron chi connectivity index (χ1n) is 9.54. The van der Waals surface area contributed by atoms with Gasteiger partial charge < -0.3 is 9.80 Å². The third-order valence-corrected chi connectivity index (χ3v) is 5.73. The lowest BCUT2D eigenvalue weighted by Gasteiger charge is -2.34. The number of hydrogen-bond donors (Lipinski definition) is 0. The highest BCUT2D eigenvalue weighted by Crippen LogP contribution is 2.19. The Labute approximate surface area is 179 Å². The van der Waals surface area contributed by atoms with Crippen molar-refractivity contribution in [2.75, 3.05) is 31.1 Å². The minimum atomic E-state index is -0.197. The Morgan fingerprint density at radius 1 is 1.00 bits per heavy atom. The molecule has 9 heteroatoms. The molecule has 3 aromatic heterocycles. The quantitative estimate of drug-likeness (QED) is 0.423. The minimum Gasteiger partial charge on any atom is -0.337 e. The van der Waals surface area contributed by atoms with Gasteiger partial charge in [-0.3, -0.25) is 14.0 Å². The van der Waals surface area contributed by atoms with Crippen LogP contribution in [-0.4, -0.2) is 56.3 Å². The van der Waals surface area contributed by atoms with Crippen molar-refractivity contribution in [1.29, 1.82) is 0 Å². The summed E-state index contributed by atoms with van der Waals surface area (Å²) >= 11 is 3.39. The van der Waals surface area contributed by atoms with Crippen LogP contribution < -0.4 is 10.5 Å². The normalized spacial score (nSPS) is 14.4. The lowest BCUT2D eigenvalue weighted by molar-refractivity contribution is 0.0747. The van der Waals surface area contributed by atoms with Crippen LogP contribution in [0.3, 0.4) is 0 Å². The molecule has 0 unspecified atom stereocenters. The Morgan fingerprint density at radius 2 is 1.77 bits per heavy atom. The lowest BCUT2D eigenvalue weighted by atomic mass is 10.2. The van der Waals surface area contributed by atoms with Gasteiger partial charge in [-0.25, -0.2) is 15.0 Å². The number of rotatable bonds is 2. The highest BCUT2D eigenvalue weighted by atomic mass is 79.9. The van der Waals surface area contributed by atoms with Gasteiger partial charge in [-0.1, -0.05) is 15.9 Å². The van der Waals surface area contributed by atoms with Gasteiger partial charge in [0, 0.05) is 49.2 Å². The fourth-order valence-corrected chi connectivity index (χ4v) is 4.06. The molecular weight excluding hydrogens is 448 g/mol. The van der Waals surface area contributed by atoms with Gasteiger partial charge in [-0.15, -0.1) is 0 Å². The van der Waals surface area contributed by atoms with E-state index in [1.807, 2.05) is 6.07 Å². The number of pyridine rings is 1. The van der Waals surface area contributed by atoms with Crippen LogP contribution in [0.5, 0.6) is 0 Å². The standard InChI is InChI=1S/C21H17BrN6O2/c22-14-4-5-17-16(13-14)20(30)28-8-1-3-15(18(28)25-17)19(29)26-9-11-27(12-10-26)21-23-6-2-7-24-21/h1-8,13H,9-12H2. The largest absolute Gasteiger partial charge is 0.337 e. The summed E-state index contributed by atoms with van der Waals surface area (Å²) in [5.41, 5.74) is 1.16. The molecule has 0 atom stereocenters. The molecule has 1 aliphatic heterocycles. The summed E-state index contributed by atoms with van der Waals surface area (Å²) in [6.07, 6.45) is 5.07. The molecule has 0 spiro atoms. The summed E-state index contributed by atoms with van der Waals surface area (Å²) in [6, 6.07) is 10.6. The number of fused-ring (bicyclic) bond motifs is 2. The van der Waals surface area contributed by atoms with E-state index >= 15 is 0 Å². The molecule has 0 saturated carbocycles. The Morgan fingerprint density at radius 3 is 2.53 bits per heavy atom. The van der Waals surface area contributed by atoms with E-state index in [-0.39, 0.29) is 11.5 Å². The van der Waals surface area contributed by atoms with Crippen molar-refractivity contribution in [1.82, 2.24) is 24.3 Å². The number of carbonyl (C=O) groups is 1. The molecule has 0 bridgehead atoms. The predicted octanol–water partition coefficient (Wildman–Crippen LogP) is 2.36. The van der Waals surface area contributed by atoms with Gasteiger partial charge in [0.05, 0.1) is 16.5 Å². The Bertz CT molecular complexity index is 1320. The van der Waals surface area contributed by atoms with Gasteiger partial charge in [-0.2, -0.15) is 0 Å². The second kappa shape index (κ2) is 7.49. The molecular formula is C21H17BrN6O2. The van der Waals surface area contributed by atoms with Crippen LogP contribution in [0.25, 0.3) is 16.6 Å². The number of benzene rings is 1. The van der Waals surface area contributed by atoms with Gasteiger partial charge in [0.25, 0.3) is 11.5 Å². The number of halogens is 1. The van der Waals surface area contributed by atoms with E-state index < -0.39 is 0 Å². The number of anilines is 1. The maximum atomic E-state index is 13.3. The third-order valence-electron chi connectivity index (χ3n) is 5.23. The van der Waals surface area contributed by atoms with Gasteiger partial charge in [0.1, 0.15) is 0 Å². The summed E-state index contributed by atoms with van der Waals surface area (Å²) in [5.74, 6) is 0.533. The molecule has 30 heavy (non-hydrogen) atoms. The Balaban J connectivity index is 1.48. The number of aromatic nitrogens is 4. The maximum absolute atomic E-state index is 13.3. The van der Waals surface area contributed by atoms with E-state index in [0.29, 0.717) is 54.2 Å². The zero-order valence-corrected chi connectivity index (χ0v) is 17.5. The van der Waals surface area contributed by atoms with Crippen LogP contribution in [-0.2, 0) is 0 Å². The van der Waals surface area contributed by atoms with Crippen molar-refractivity contribution in [3.05, 3.63) is 75.4 Å². The molecule has 1 saturated heterocycles. The Hall–Kier alpha value is -3.33. The highest BCUT2D eigenvalue weighted by molar-refractivity contribution is 9.10. The second-order valence-electron chi connectivity index (χ2n) is 7.02. The van der Waals surface area contributed by atoms with Crippen molar-refractivity contribution in [2.24, 2.45) is 0 Å². The minimum absolute atomic E-state index is 0.134. The van der Waals surface area contributed by atoms with Crippen LogP contribution >= 0.6 is 15.9 Å². The maximum Gasteiger partial charge on any atom is 0.265 e. The zero-order valence-electron chi connectivity index (χ0n) is 15.9. The number of carbonyl (C=O) groups excluding carboxylic acids is 1. The smallest absolute Gasteiger partial charge is 0.265 e. The van der Waals surface area contributed by atoms with Crippen LogP contribution in [0.2, 0.25) is 0 Å². The monoisotopic (exact) mass is 464 g/mol. The predicted molar refractivity (Wildman–Crippen MR) is 117 cm³/mol. The van der Waals surface area contributed by atoms with Gasteiger partial charge in [0.2, 0.25) is 5.95 Å². The molecule has 5 rings (SSSR count). The number of nitrogens with zero attached hydrogens (tertiary/aromatic N) is 6. The van der Waals surface area contributed by atoms with Gasteiger partial charge in [-0.05, 0) is 36.4 Å². The fraction of sp³-hybridized carbons (Fsp3) is 0.190. The molecule has 4 heterocycles. The average molecular weight is 465 g/mol. The third kappa shape index (κ3) is 3.21. The topological polar surface area (TPSA) is 83.7 Å². The summed E-state index contributed by atoms with van der Waals surface area (Å²) in [7, 11) is 0. The summed E-state index contributed by atoms with van der Waals surface area (Å²) in [5, 5.41) is 0.503. The zero-order chi connectivity index (χ0) is 20.7. The SMILES string of the molecule is O=C(c1cccn2c(=O)c3cc(Br)ccc3nc12)N1CCN(c2ncccn2)CC1. The molecule has 0 aliphatic carbocycles. The molecule has 0 radical (unpaired) electrons. The molecule has 150 valence electrons. The van der Waals surface area contributed by atoms with E-state index in [2.05, 4.69) is 35.8 Å². The average Bonchev–Trinajstić information content (AvgIpc) is 2.80. The van der Waals surface area contributed by atoms with E-state index in [1.54, 1.807) is 53.8 Å². The second-order valence-corrected chi connectivity index (χ2v) is 7.94. The molecule has 1 aromatic carbocycles. The molecule has 1 amide bonds. The van der Waals surface area contributed by atoms with Crippen LogP contribution in [0.4, 0.5) is 5.95 Å². The first kappa shape index (κ1) is 18.7. The summed E-state index contributed by atoms with van der Waals surface area (Å²) in [4.78, 5) is 43.2. The molecule has 4 aromatic rings. The van der Waals surface area contributed by atoms with Gasteiger partial charge in [0.15, 0.2) is 5.65 Å². The summed E-state index contributed by atoms with van der Waals surface area (Å²) in [6.45, 7) is 2.38. The number of hydrogen-bond acceptors (Lipinski definition) is 6. The first-order chi connectivity index (χ1) is 14.6. The van der Waals surface area contributed by atoms with Gasteiger partial charge >= 0.3 is 0 Å². The van der Waals surface area contributed by atoms with Crippen molar-refractivity contribution < 1.29 is 4.79 Å². The van der Waals surface area contributed by atoms with Crippen LogP contribution in [0.1, 0.15) is 10.4 Å². The molecule has 0 N–H and O–H groups in total. The van der Waals surface area contributed by atoms with Crippen molar-refractivity contribution in [3.8, 4) is 0 Å². The van der Waals surface area contributed by atoms with E-state index in [9.17, 15) is 9.59 Å². The fourth-order valence-electron chi connectivity index (χ4n) is 3.70. The molecule has 8 nitrogen and oxygen atoms in total.